The standard InChI is InChI=1S/C17H19ClN2S/c1-10-6-5-7-14-16(10)20(17(19-14)12(3)18)13(4)15-9-8-11(2)21-15/h5-9,12-13H,1-4H3. The predicted octanol–water partition coefficient (Wildman–Crippen LogP) is 5.62. The molecular formula is C17H19ClN2S. The number of benzene rings is 1. The molecule has 2 nitrogen and oxygen atoms in total. The number of para-hydroxylation sites is 1. The van der Waals surface area contributed by atoms with Gasteiger partial charge in [-0.2, -0.15) is 0 Å². The van der Waals surface area contributed by atoms with Crippen molar-refractivity contribution in [1.82, 2.24) is 9.55 Å². The van der Waals surface area contributed by atoms with Gasteiger partial charge in [-0.1, -0.05) is 12.1 Å². The fraction of sp³-hybridized carbons (Fsp3) is 0.353. The summed E-state index contributed by atoms with van der Waals surface area (Å²) >= 11 is 8.23. The van der Waals surface area contributed by atoms with Crippen LogP contribution in [-0.4, -0.2) is 9.55 Å². The number of imidazole rings is 1. The molecule has 2 unspecified atom stereocenters. The van der Waals surface area contributed by atoms with E-state index in [9.17, 15) is 0 Å². The van der Waals surface area contributed by atoms with Gasteiger partial charge >= 0.3 is 0 Å². The average molecular weight is 319 g/mol. The van der Waals surface area contributed by atoms with Crippen molar-refractivity contribution >= 4 is 34.0 Å². The zero-order valence-electron chi connectivity index (χ0n) is 12.7. The first-order chi connectivity index (χ1) is 9.99. The Labute approximate surface area is 134 Å². The Morgan fingerprint density at radius 3 is 2.52 bits per heavy atom. The SMILES string of the molecule is Cc1ccc(C(C)n2c(C(C)Cl)nc3cccc(C)c32)s1. The van der Waals surface area contributed by atoms with Crippen molar-refractivity contribution < 1.29 is 0 Å². The number of aryl methyl sites for hydroxylation is 2. The van der Waals surface area contributed by atoms with E-state index < -0.39 is 0 Å². The maximum atomic E-state index is 6.39. The summed E-state index contributed by atoms with van der Waals surface area (Å²) < 4.78 is 2.30. The van der Waals surface area contributed by atoms with Crippen molar-refractivity contribution in [3.63, 3.8) is 0 Å². The van der Waals surface area contributed by atoms with Gasteiger partial charge in [-0.25, -0.2) is 4.98 Å². The van der Waals surface area contributed by atoms with Gasteiger partial charge in [0, 0.05) is 9.75 Å². The molecule has 2 heterocycles. The van der Waals surface area contributed by atoms with Crippen LogP contribution in [0.3, 0.4) is 0 Å². The molecule has 21 heavy (non-hydrogen) atoms. The first-order valence-electron chi connectivity index (χ1n) is 7.17. The molecule has 3 aromatic rings. The number of aromatic nitrogens is 2. The van der Waals surface area contributed by atoms with E-state index >= 15 is 0 Å². The van der Waals surface area contributed by atoms with E-state index in [0.29, 0.717) is 0 Å². The molecule has 2 atom stereocenters. The highest BCUT2D eigenvalue weighted by atomic mass is 35.5. The lowest BCUT2D eigenvalue weighted by molar-refractivity contribution is 0.627. The lowest BCUT2D eigenvalue weighted by atomic mass is 10.2. The molecule has 3 rings (SSSR count). The van der Waals surface area contributed by atoms with Gasteiger partial charge in [0.15, 0.2) is 0 Å². The first kappa shape index (κ1) is 14.6. The second-order valence-corrected chi connectivity index (χ2v) is 7.50. The molecule has 0 aliphatic heterocycles. The normalized spacial score (nSPS) is 14.5. The molecule has 0 bridgehead atoms. The minimum absolute atomic E-state index is 0.111. The number of halogens is 1. The summed E-state index contributed by atoms with van der Waals surface area (Å²) in [6.07, 6.45) is 0. The number of nitrogens with zero attached hydrogens (tertiary/aromatic N) is 2. The molecule has 0 spiro atoms. The lowest BCUT2D eigenvalue weighted by Crippen LogP contribution is -2.10. The number of hydrogen-bond acceptors (Lipinski definition) is 2. The van der Waals surface area contributed by atoms with Crippen molar-refractivity contribution in [2.75, 3.05) is 0 Å². The van der Waals surface area contributed by atoms with E-state index in [1.165, 1.54) is 20.8 Å². The van der Waals surface area contributed by atoms with Crippen LogP contribution in [0.25, 0.3) is 11.0 Å². The Kier molecular flexibility index (Phi) is 3.80. The zero-order chi connectivity index (χ0) is 15.1. The Hall–Kier alpha value is -1.32. The summed E-state index contributed by atoms with van der Waals surface area (Å²) in [4.78, 5) is 7.44. The fourth-order valence-corrected chi connectivity index (χ4v) is 3.89. The fourth-order valence-electron chi connectivity index (χ4n) is 2.82. The Morgan fingerprint density at radius 2 is 1.90 bits per heavy atom. The summed E-state index contributed by atoms with van der Waals surface area (Å²) in [5.74, 6) is 0.944. The van der Waals surface area contributed by atoms with Gasteiger partial charge in [0.2, 0.25) is 0 Å². The van der Waals surface area contributed by atoms with Gasteiger partial charge in [0.1, 0.15) is 5.82 Å². The number of alkyl halides is 1. The van der Waals surface area contributed by atoms with Crippen LogP contribution >= 0.6 is 22.9 Å². The van der Waals surface area contributed by atoms with Gasteiger partial charge < -0.3 is 4.57 Å². The maximum Gasteiger partial charge on any atom is 0.128 e. The largest absolute Gasteiger partial charge is 0.318 e. The third-order valence-corrected chi connectivity index (χ3v) is 5.22. The minimum Gasteiger partial charge on any atom is -0.318 e. The Morgan fingerprint density at radius 1 is 1.14 bits per heavy atom. The van der Waals surface area contributed by atoms with Crippen molar-refractivity contribution in [1.29, 1.82) is 0 Å². The smallest absolute Gasteiger partial charge is 0.128 e. The van der Waals surface area contributed by atoms with Crippen LogP contribution in [0.2, 0.25) is 0 Å². The second-order valence-electron chi connectivity index (χ2n) is 5.52. The zero-order valence-corrected chi connectivity index (χ0v) is 14.3. The third-order valence-electron chi connectivity index (χ3n) is 3.86. The monoisotopic (exact) mass is 318 g/mol. The topological polar surface area (TPSA) is 17.8 Å². The molecule has 1 aromatic carbocycles. The van der Waals surface area contributed by atoms with Gasteiger partial charge in [-0.05, 0) is 51.5 Å². The molecular weight excluding hydrogens is 300 g/mol. The molecule has 0 saturated heterocycles. The molecule has 0 N–H and O–H groups in total. The van der Waals surface area contributed by atoms with E-state index in [1.807, 2.05) is 18.3 Å². The highest BCUT2D eigenvalue weighted by Gasteiger charge is 2.21. The summed E-state index contributed by atoms with van der Waals surface area (Å²) in [5.41, 5.74) is 3.46. The van der Waals surface area contributed by atoms with E-state index in [0.717, 1.165) is 11.3 Å². The van der Waals surface area contributed by atoms with Crippen LogP contribution < -0.4 is 0 Å². The second kappa shape index (κ2) is 5.47. The van der Waals surface area contributed by atoms with E-state index in [2.05, 4.69) is 55.7 Å². The van der Waals surface area contributed by atoms with Crippen LogP contribution in [0.4, 0.5) is 0 Å². The van der Waals surface area contributed by atoms with Gasteiger partial charge in [0.25, 0.3) is 0 Å². The van der Waals surface area contributed by atoms with E-state index in [-0.39, 0.29) is 11.4 Å². The number of thiophene rings is 1. The predicted molar refractivity (Wildman–Crippen MR) is 91.6 cm³/mol. The third kappa shape index (κ3) is 2.49. The molecule has 0 aliphatic rings. The summed E-state index contributed by atoms with van der Waals surface area (Å²) in [7, 11) is 0. The number of hydrogen-bond donors (Lipinski definition) is 0. The van der Waals surface area contributed by atoms with E-state index in [4.69, 9.17) is 16.6 Å². The van der Waals surface area contributed by atoms with Crippen LogP contribution in [0.1, 0.15) is 46.4 Å². The van der Waals surface area contributed by atoms with Crippen LogP contribution in [0.5, 0.6) is 0 Å². The maximum absolute atomic E-state index is 6.39. The van der Waals surface area contributed by atoms with Gasteiger partial charge in [-0.3, -0.25) is 0 Å². The van der Waals surface area contributed by atoms with Gasteiger partial charge in [0.05, 0.1) is 22.5 Å². The highest BCUT2D eigenvalue weighted by Crippen LogP contribution is 2.34. The van der Waals surface area contributed by atoms with Crippen LogP contribution in [-0.2, 0) is 0 Å². The molecule has 0 saturated carbocycles. The molecule has 0 radical (unpaired) electrons. The molecule has 2 aromatic heterocycles. The van der Waals surface area contributed by atoms with Crippen molar-refractivity contribution in [2.45, 2.75) is 39.1 Å². The quantitative estimate of drug-likeness (QED) is 0.573. The summed E-state index contributed by atoms with van der Waals surface area (Å²) in [5, 5.41) is -0.111. The number of fused-ring (bicyclic) bond motifs is 1. The number of rotatable bonds is 3. The molecule has 4 heteroatoms. The van der Waals surface area contributed by atoms with Crippen molar-refractivity contribution in [2.24, 2.45) is 0 Å². The summed E-state index contributed by atoms with van der Waals surface area (Å²) in [6.45, 7) is 8.49. The van der Waals surface area contributed by atoms with Crippen molar-refractivity contribution in [3.8, 4) is 0 Å². The van der Waals surface area contributed by atoms with Gasteiger partial charge in [-0.15, -0.1) is 22.9 Å². The summed E-state index contributed by atoms with van der Waals surface area (Å²) in [6, 6.07) is 10.9. The average Bonchev–Trinajstić information content (AvgIpc) is 3.02. The van der Waals surface area contributed by atoms with Crippen LogP contribution in [0, 0.1) is 13.8 Å². The molecule has 0 amide bonds. The van der Waals surface area contributed by atoms with Crippen LogP contribution in [0.15, 0.2) is 30.3 Å². The Balaban J connectivity index is 2.26. The molecule has 0 fully saturated rings. The lowest BCUT2D eigenvalue weighted by Gasteiger charge is -2.18. The Bertz CT molecular complexity index is 785. The minimum atomic E-state index is -0.111. The highest BCUT2D eigenvalue weighted by molar-refractivity contribution is 7.12. The first-order valence-corrected chi connectivity index (χ1v) is 8.42. The van der Waals surface area contributed by atoms with E-state index in [1.54, 1.807) is 0 Å². The molecule has 0 aliphatic carbocycles. The van der Waals surface area contributed by atoms with Crippen molar-refractivity contribution in [3.05, 3.63) is 51.5 Å². The molecule has 110 valence electrons.